The van der Waals surface area contributed by atoms with Gasteiger partial charge in [-0.15, -0.1) is 0 Å². The van der Waals surface area contributed by atoms with Gasteiger partial charge >= 0.3 is 6.18 Å². The van der Waals surface area contributed by atoms with Gasteiger partial charge in [0.05, 0.1) is 16.4 Å². The number of sulfonamides is 1. The average Bonchev–Trinajstić information content (AvgIpc) is 2.74. The van der Waals surface area contributed by atoms with E-state index >= 15 is 0 Å². The summed E-state index contributed by atoms with van der Waals surface area (Å²) in [7, 11) is -3.92. The van der Waals surface area contributed by atoms with Crippen LogP contribution in [-0.2, 0) is 21.0 Å². The highest BCUT2D eigenvalue weighted by molar-refractivity contribution is 7.89. The molecule has 5 nitrogen and oxygen atoms in total. The molecule has 0 aromatic heterocycles. The minimum Gasteiger partial charge on any atom is -0.340 e. The van der Waals surface area contributed by atoms with Gasteiger partial charge in [-0.3, -0.25) is 4.79 Å². The molecule has 2 aromatic carbocycles. The van der Waals surface area contributed by atoms with E-state index < -0.39 is 21.8 Å². The Morgan fingerprint density at radius 3 is 2.03 bits per heavy atom. The highest BCUT2D eigenvalue weighted by Crippen LogP contribution is 2.30. The summed E-state index contributed by atoms with van der Waals surface area (Å²) in [5.74, 6) is -0.334. The maximum absolute atomic E-state index is 12.9. The zero-order valence-electron chi connectivity index (χ0n) is 16.5. The summed E-state index contributed by atoms with van der Waals surface area (Å²) in [4.78, 5) is 14.4. The van der Waals surface area contributed by atoms with Crippen molar-refractivity contribution >= 4 is 15.9 Å². The van der Waals surface area contributed by atoms with E-state index in [9.17, 15) is 26.4 Å². The first-order valence-corrected chi connectivity index (χ1v) is 11.1. The van der Waals surface area contributed by atoms with Gasteiger partial charge in [0.2, 0.25) is 15.9 Å². The van der Waals surface area contributed by atoms with Crippen molar-refractivity contribution in [3.05, 3.63) is 65.7 Å². The fourth-order valence-corrected chi connectivity index (χ4v) is 4.99. The predicted octanol–water partition coefficient (Wildman–Crippen LogP) is 3.73. The van der Waals surface area contributed by atoms with Gasteiger partial charge in [-0.25, -0.2) is 8.42 Å². The van der Waals surface area contributed by atoms with E-state index in [2.05, 4.69) is 0 Å². The van der Waals surface area contributed by atoms with Crippen LogP contribution in [-0.4, -0.2) is 49.7 Å². The molecule has 1 amide bonds. The van der Waals surface area contributed by atoms with Gasteiger partial charge in [0.15, 0.2) is 0 Å². The Morgan fingerprint density at radius 2 is 1.53 bits per heavy atom. The van der Waals surface area contributed by atoms with Crippen LogP contribution < -0.4 is 0 Å². The number of nitrogens with zero attached hydrogens (tertiary/aromatic N) is 2. The van der Waals surface area contributed by atoms with Gasteiger partial charge in [-0.1, -0.05) is 37.3 Å². The SMILES string of the molecule is CCC(C(=O)N1CCN(S(=O)(=O)c2ccc(C(F)(F)F)cc2)CC1)c1ccccc1. The number of carbonyl (C=O) groups excluding carboxylic acids is 1. The fraction of sp³-hybridized carbons (Fsp3) is 0.381. The monoisotopic (exact) mass is 440 g/mol. The maximum Gasteiger partial charge on any atom is 0.416 e. The molecule has 0 N–H and O–H groups in total. The Balaban J connectivity index is 1.67. The lowest BCUT2D eigenvalue weighted by Gasteiger charge is -2.35. The molecule has 3 rings (SSSR count). The number of rotatable bonds is 5. The van der Waals surface area contributed by atoms with Gasteiger partial charge in [-0.2, -0.15) is 17.5 Å². The van der Waals surface area contributed by atoms with Crippen LogP contribution in [0.3, 0.4) is 0 Å². The minimum atomic E-state index is -4.52. The lowest BCUT2D eigenvalue weighted by atomic mass is 9.95. The predicted molar refractivity (Wildman–Crippen MR) is 106 cm³/mol. The van der Waals surface area contributed by atoms with Gasteiger partial charge in [0.1, 0.15) is 0 Å². The van der Waals surface area contributed by atoms with Gasteiger partial charge in [0, 0.05) is 26.2 Å². The van der Waals surface area contributed by atoms with Crippen molar-refractivity contribution in [2.75, 3.05) is 26.2 Å². The maximum atomic E-state index is 12.9. The van der Waals surface area contributed by atoms with Crippen LogP contribution in [0.25, 0.3) is 0 Å². The van der Waals surface area contributed by atoms with Crippen LogP contribution in [0.15, 0.2) is 59.5 Å². The normalized spacial score (nSPS) is 17.0. The number of halogens is 3. The second-order valence-electron chi connectivity index (χ2n) is 7.12. The quantitative estimate of drug-likeness (QED) is 0.712. The first kappa shape index (κ1) is 22.3. The molecule has 9 heteroatoms. The van der Waals surface area contributed by atoms with Crippen LogP contribution in [0, 0.1) is 0 Å². The number of carbonyl (C=O) groups is 1. The van der Waals surface area contributed by atoms with E-state index in [-0.39, 0.29) is 42.9 Å². The van der Waals surface area contributed by atoms with Crippen molar-refractivity contribution in [3.8, 4) is 0 Å². The van der Waals surface area contributed by atoms with E-state index in [4.69, 9.17) is 0 Å². The van der Waals surface area contributed by atoms with Crippen LogP contribution in [0.1, 0.15) is 30.4 Å². The highest BCUT2D eigenvalue weighted by Gasteiger charge is 2.34. The summed E-state index contributed by atoms with van der Waals surface area (Å²) in [5.41, 5.74) is 0.0215. The van der Waals surface area contributed by atoms with Crippen LogP contribution in [0.5, 0.6) is 0 Å². The molecule has 1 fully saturated rings. The van der Waals surface area contributed by atoms with Crippen LogP contribution in [0.2, 0.25) is 0 Å². The summed E-state index contributed by atoms with van der Waals surface area (Å²) >= 11 is 0. The Morgan fingerprint density at radius 1 is 0.967 bits per heavy atom. The summed E-state index contributed by atoms with van der Waals surface area (Å²) in [5, 5.41) is 0. The van der Waals surface area contributed by atoms with E-state index in [1.807, 2.05) is 37.3 Å². The molecular weight excluding hydrogens is 417 g/mol. The van der Waals surface area contributed by atoms with Crippen LogP contribution >= 0.6 is 0 Å². The molecule has 0 saturated carbocycles. The van der Waals surface area contributed by atoms with E-state index in [1.165, 1.54) is 4.31 Å². The molecule has 1 aliphatic heterocycles. The number of alkyl halides is 3. The standard InChI is InChI=1S/C21H23F3N2O3S/c1-2-19(16-6-4-3-5-7-16)20(27)25-12-14-26(15-13-25)30(28,29)18-10-8-17(9-11-18)21(22,23)24/h3-11,19H,2,12-15H2,1H3. The lowest BCUT2D eigenvalue weighted by molar-refractivity contribution is -0.137. The molecule has 1 unspecified atom stereocenters. The third kappa shape index (κ3) is 4.67. The van der Waals surface area contributed by atoms with Crippen molar-refractivity contribution in [1.82, 2.24) is 9.21 Å². The number of hydrogen-bond acceptors (Lipinski definition) is 3. The zero-order valence-corrected chi connectivity index (χ0v) is 17.3. The van der Waals surface area contributed by atoms with Crippen molar-refractivity contribution < 1.29 is 26.4 Å². The lowest BCUT2D eigenvalue weighted by Crippen LogP contribution is -2.51. The molecule has 1 saturated heterocycles. The van der Waals surface area contributed by atoms with Crippen LogP contribution in [0.4, 0.5) is 13.2 Å². The minimum absolute atomic E-state index is 0.0460. The van der Waals surface area contributed by atoms with Crippen molar-refractivity contribution in [1.29, 1.82) is 0 Å². The first-order chi connectivity index (χ1) is 14.1. The van der Waals surface area contributed by atoms with Gasteiger partial charge in [0.25, 0.3) is 0 Å². The number of amides is 1. The third-order valence-corrected chi connectivity index (χ3v) is 7.19. The largest absolute Gasteiger partial charge is 0.416 e. The molecule has 0 bridgehead atoms. The molecule has 2 aromatic rings. The Bertz CT molecular complexity index is 969. The Hall–Kier alpha value is -2.39. The molecule has 162 valence electrons. The molecule has 0 spiro atoms. The van der Waals surface area contributed by atoms with E-state index in [0.717, 1.165) is 29.8 Å². The summed E-state index contributed by atoms with van der Waals surface area (Å²) in [6.07, 6.45) is -3.89. The molecule has 1 heterocycles. The fourth-order valence-electron chi connectivity index (χ4n) is 3.57. The summed E-state index contributed by atoms with van der Waals surface area (Å²) in [6, 6.07) is 12.9. The molecule has 0 aliphatic carbocycles. The van der Waals surface area contributed by atoms with E-state index in [0.29, 0.717) is 6.42 Å². The molecular formula is C21H23F3N2O3S. The number of piperazine rings is 1. The number of benzene rings is 2. The third-order valence-electron chi connectivity index (χ3n) is 5.28. The van der Waals surface area contributed by atoms with E-state index in [1.54, 1.807) is 4.90 Å². The molecule has 0 radical (unpaired) electrons. The smallest absolute Gasteiger partial charge is 0.340 e. The topological polar surface area (TPSA) is 57.7 Å². The van der Waals surface area contributed by atoms with Crippen molar-refractivity contribution in [2.24, 2.45) is 0 Å². The Labute approximate surface area is 174 Å². The summed E-state index contributed by atoms with van der Waals surface area (Å²) < 4.78 is 64.9. The van der Waals surface area contributed by atoms with Crippen molar-refractivity contribution in [3.63, 3.8) is 0 Å². The van der Waals surface area contributed by atoms with Gasteiger partial charge < -0.3 is 4.90 Å². The molecule has 1 atom stereocenters. The van der Waals surface area contributed by atoms with Crippen molar-refractivity contribution in [2.45, 2.75) is 30.3 Å². The second-order valence-corrected chi connectivity index (χ2v) is 9.06. The van der Waals surface area contributed by atoms with Gasteiger partial charge in [-0.05, 0) is 36.2 Å². The second kappa shape index (κ2) is 8.77. The zero-order chi connectivity index (χ0) is 21.9. The molecule has 30 heavy (non-hydrogen) atoms. The highest BCUT2D eigenvalue weighted by atomic mass is 32.2. The molecule has 1 aliphatic rings. The average molecular weight is 440 g/mol. The Kier molecular flexibility index (Phi) is 6.52. The first-order valence-electron chi connectivity index (χ1n) is 9.65. The number of hydrogen-bond donors (Lipinski definition) is 0. The summed E-state index contributed by atoms with van der Waals surface area (Å²) in [6.45, 7) is 2.60.